The molecule has 55 heavy (non-hydrogen) atoms. The first-order chi connectivity index (χ1) is 27.0. The molecular formula is C49H90O6. The summed E-state index contributed by atoms with van der Waals surface area (Å²) in [5, 5.41) is 0. The summed E-state index contributed by atoms with van der Waals surface area (Å²) in [5.74, 6) is -0.886. The second kappa shape index (κ2) is 44.6. The average molecular weight is 775 g/mol. The quantitative estimate of drug-likeness (QED) is 0.0266. The van der Waals surface area contributed by atoms with E-state index >= 15 is 0 Å². The third-order valence-electron chi connectivity index (χ3n) is 10.4. The van der Waals surface area contributed by atoms with Gasteiger partial charge in [-0.25, -0.2) is 0 Å². The van der Waals surface area contributed by atoms with Gasteiger partial charge in [0.05, 0.1) is 0 Å². The van der Waals surface area contributed by atoms with E-state index in [1.807, 2.05) is 0 Å². The summed E-state index contributed by atoms with van der Waals surface area (Å²) in [7, 11) is 0. The standard InChI is InChI=1S/C49H90O6/c1-4-7-10-13-16-19-22-24-27-30-33-36-39-42-48(51)54-45-46(44-53-47(50)41-38-35-32-29-26-21-18-15-12-9-6-3)55-49(52)43-40-37-34-31-28-25-23-20-17-14-11-8-5-2/h19-20,22-23,46H,4-18,21,24-45H2,1-3H3/t46-/m0/s1. The molecule has 6 nitrogen and oxygen atoms in total. The van der Waals surface area contributed by atoms with Crippen LogP contribution in [0.25, 0.3) is 0 Å². The lowest BCUT2D eigenvalue weighted by atomic mass is 10.1. The molecular weight excluding hydrogens is 685 g/mol. The van der Waals surface area contributed by atoms with Gasteiger partial charge < -0.3 is 14.2 Å². The Morgan fingerprint density at radius 2 is 0.600 bits per heavy atom. The van der Waals surface area contributed by atoms with Crippen molar-refractivity contribution in [1.29, 1.82) is 0 Å². The molecule has 0 aliphatic rings. The van der Waals surface area contributed by atoms with E-state index in [9.17, 15) is 14.4 Å². The minimum atomic E-state index is -0.772. The molecule has 0 N–H and O–H groups in total. The molecule has 322 valence electrons. The second-order valence-electron chi connectivity index (χ2n) is 16.0. The van der Waals surface area contributed by atoms with E-state index in [-0.39, 0.29) is 31.1 Å². The van der Waals surface area contributed by atoms with Gasteiger partial charge in [-0.05, 0) is 70.6 Å². The summed E-state index contributed by atoms with van der Waals surface area (Å²) < 4.78 is 16.7. The first-order valence-electron chi connectivity index (χ1n) is 23.8. The highest BCUT2D eigenvalue weighted by Gasteiger charge is 2.19. The fourth-order valence-corrected chi connectivity index (χ4v) is 6.78. The van der Waals surface area contributed by atoms with E-state index in [0.29, 0.717) is 19.3 Å². The number of carbonyl (C=O) groups is 3. The summed E-state index contributed by atoms with van der Waals surface area (Å²) in [5.41, 5.74) is 0. The van der Waals surface area contributed by atoms with Gasteiger partial charge in [0, 0.05) is 19.3 Å². The minimum Gasteiger partial charge on any atom is -0.462 e. The Morgan fingerprint density at radius 3 is 0.927 bits per heavy atom. The Kier molecular flexibility index (Phi) is 42.9. The van der Waals surface area contributed by atoms with Crippen LogP contribution in [0.3, 0.4) is 0 Å². The topological polar surface area (TPSA) is 78.9 Å². The SMILES string of the molecule is CCCCCCC=CCCCCCCCC(=O)OC[C@H](COC(=O)CCCCCCCCCCCCC)OC(=O)CCCCCCCC=CCCCCCC. The van der Waals surface area contributed by atoms with Crippen LogP contribution in [-0.4, -0.2) is 37.2 Å². The molecule has 0 bridgehead atoms. The number of unbranched alkanes of at least 4 members (excludes halogenated alkanes) is 28. The van der Waals surface area contributed by atoms with Crippen LogP contribution in [0.5, 0.6) is 0 Å². The van der Waals surface area contributed by atoms with Crippen LogP contribution in [0.2, 0.25) is 0 Å². The highest BCUT2D eigenvalue weighted by molar-refractivity contribution is 5.71. The van der Waals surface area contributed by atoms with Crippen molar-refractivity contribution >= 4 is 17.9 Å². The van der Waals surface area contributed by atoms with Crippen molar-refractivity contribution in [3.8, 4) is 0 Å². The van der Waals surface area contributed by atoms with Crippen LogP contribution < -0.4 is 0 Å². The van der Waals surface area contributed by atoms with Crippen molar-refractivity contribution in [2.75, 3.05) is 13.2 Å². The molecule has 0 fully saturated rings. The van der Waals surface area contributed by atoms with Crippen LogP contribution in [0.4, 0.5) is 0 Å². The molecule has 0 aliphatic heterocycles. The number of esters is 3. The van der Waals surface area contributed by atoms with Crippen molar-refractivity contribution in [2.24, 2.45) is 0 Å². The van der Waals surface area contributed by atoms with Crippen molar-refractivity contribution in [1.82, 2.24) is 0 Å². The van der Waals surface area contributed by atoms with Gasteiger partial charge in [-0.3, -0.25) is 14.4 Å². The molecule has 0 heterocycles. The molecule has 0 saturated heterocycles. The minimum absolute atomic E-state index is 0.0742. The van der Waals surface area contributed by atoms with Crippen molar-refractivity contribution in [2.45, 2.75) is 258 Å². The number of allylic oxidation sites excluding steroid dienone is 4. The number of hydrogen-bond donors (Lipinski definition) is 0. The fraction of sp³-hybridized carbons (Fsp3) is 0.857. The zero-order valence-electron chi connectivity index (χ0n) is 36.7. The Labute approximate surface area is 341 Å². The maximum Gasteiger partial charge on any atom is 0.306 e. The first kappa shape index (κ1) is 52.9. The Morgan fingerprint density at radius 1 is 0.345 bits per heavy atom. The summed E-state index contributed by atoms with van der Waals surface area (Å²) in [4.78, 5) is 37.8. The molecule has 6 heteroatoms. The lowest BCUT2D eigenvalue weighted by Gasteiger charge is -2.18. The number of carbonyl (C=O) groups excluding carboxylic acids is 3. The highest BCUT2D eigenvalue weighted by Crippen LogP contribution is 2.14. The average Bonchev–Trinajstić information content (AvgIpc) is 3.18. The Bertz CT molecular complexity index is 896. The van der Waals surface area contributed by atoms with Gasteiger partial charge in [0.25, 0.3) is 0 Å². The molecule has 0 aliphatic carbocycles. The third-order valence-corrected chi connectivity index (χ3v) is 10.4. The zero-order chi connectivity index (χ0) is 40.1. The van der Waals surface area contributed by atoms with Crippen LogP contribution >= 0.6 is 0 Å². The Hall–Kier alpha value is -2.11. The van der Waals surface area contributed by atoms with Gasteiger partial charge in [0.2, 0.25) is 0 Å². The molecule has 0 aromatic rings. The predicted octanol–water partition coefficient (Wildman–Crippen LogP) is 15.2. The van der Waals surface area contributed by atoms with E-state index in [0.717, 1.165) is 70.6 Å². The summed E-state index contributed by atoms with van der Waals surface area (Å²) in [6.45, 7) is 6.59. The highest BCUT2D eigenvalue weighted by atomic mass is 16.6. The fourth-order valence-electron chi connectivity index (χ4n) is 6.78. The second-order valence-corrected chi connectivity index (χ2v) is 16.0. The first-order valence-corrected chi connectivity index (χ1v) is 23.8. The monoisotopic (exact) mass is 775 g/mol. The summed E-state index contributed by atoms with van der Waals surface area (Å²) in [6.07, 6.45) is 48.7. The molecule has 1 atom stereocenters. The van der Waals surface area contributed by atoms with Crippen molar-refractivity contribution < 1.29 is 28.6 Å². The predicted molar refractivity (Wildman–Crippen MR) is 233 cm³/mol. The number of rotatable bonds is 43. The molecule has 0 rings (SSSR count). The molecule has 0 saturated carbocycles. The van der Waals surface area contributed by atoms with E-state index in [4.69, 9.17) is 14.2 Å². The molecule has 0 radical (unpaired) electrons. The van der Waals surface area contributed by atoms with E-state index in [1.54, 1.807) is 0 Å². The Balaban J connectivity index is 4.38. The third kappa shape index (κ3) is 42.9. The maximum atomic E-state index is 12.7. The van der Waals surface area contributed by atoms with E-state index < -0.39 is 6.10 Å². The molecule has 0 unspecified atom stereocenters. The van der Waals surface area contributed by atoms with Crippen LogP contribution in [-0.2, 0) is 28.6 Å². The zero-order valence-corrected chi connectivity index (χ0v) is 36.7. The number of ether oxygens (including phenoxy) is 3. The van der Waals surface area contributed by atoms with Crippen LogP contribution in [0.1, 0.15) is 252 Å². The van der Waals surface area contributed by atoms with Crippen LogP contribution in [0.15, 0.2) is 24.3 Å². The van der Waals surface area contributed by atoms with Gasteiger partial charge in [-0.1, -0.05) is 186 Å². The van der Waals surface area contributed by atoms with Gasteiger partial charge in [0.1, 0.15) is 13.2 Å². The van der Waals surface area contributed by atoms with Crippen LogP contribution in [0, 0.1) is 0 Å². The normalized spacial score (nSPS) is 12.1. The molecule has 0 aromatic carbocycles. The lowest BCUT2D eigenvalue weighted by molar-refractivity contribution is -0.167. The smallest absolute Gasteiger partial charge is 0.306 e. The van der Waals surface area contributed by atoms with Crippen molar-refractivity contribution in [3.63, 3.8) is 0 Å². The molecule has 0 amide bonds. The summed E-state index contributed by atoms with van der Waals surface area (Å²) >= 11 is 0. The van der Waals surface area contributed by atoms with Crippen molar-refractivity contribution in [3.05, 3.63) is 24.3 Å². The molecule has 0 aromatic heterocycles. The van der Waals surface area contributed by atoms with Gasteiger partial charge in [-0.15, -0.1) is 0 Å². The molecule has 0 spiro atoms. The number of hydrogen-bond acceptors (Lipinski definition) is 6. The van der Waals surface area contributed by atoms with E-state index in [1.165, 1.54) is 141 Å². The maximum absolute atomic E-state index is 12.7. The van der Waals surface area contributed by atoms with Gasteiger partial charge >= 0.3 is 17.9 Å². The largest absolute Gasteiger partial charge is 0.462 e. The summed E-state index contributed by atoms with van der Waals surface area (Å²) in [6, 6.07) is 0. The van der Waals surface area contributed by atoms with E-state index in [2.05, 4.69) is 45.1 Å². The van der Waals surface area contributed by atoms with Gasteiger partial charge in [-0.2, -0.15) is 0 Å². The van der Waals surface area contributed by atoms with Gasteiger partial charge in [0.15, 0.2) is 6.10 Å². The lowest BCUT2D eigenvalue weighted by Crippen LogP contribution is -2.30.